The van der Waals surface area contributed by atoms with E-state index in [1.807, 2.05) is 31.2 Å². The minimum absolute atomic E-state index is 0.685. The van der Waals surface area contributed by atoms with Crippen LogP contribution in [-0.2, 0) is 0 Å². The zero-order valence-electron chi connectivity index (χ0n) is 7.53. The van der Waals surface area contributed by atoms with Gasteiger partial charge in [0.2, 0.25) is 0 Å². The van der Waals surface area contributed by atoms with Crippen molar-refractivity contribution in [2.45, 2.75) is 6.92 Å². The number of benzene rings is 1. The first-order valence-electron chi connectivity index (χ1n) is 4.10. The van der Waals surface area contributed by atoms with Gasteiger partial charge in [-0.3, -0.25) is 0 Å². The van der Waals surface area contributed by atoms with Crippen LogP contribution in [0.1, 0.15) is 4.88 Å². The summed E-state index contributed by atoms with van der Waals surface area (Å²) in [5, 5.41) is 0.685. The third kappa shape index (κ3) is 2.33. The van der Waals surface area contributed by atoms with Gasteiger partial charge >= 0.3 is 0 Å². The van der Waals surface area contributed by atoms with Crippen LogP contribution in [0, 0.1) is 6.92 Å². The first kappa shape index (κ1) is 9.68. The molecule has 1 aromatic carbocycles. The van der Waals surface area contributed by atoms with Crippen LogP contribution in [0.2, 0.25) is 0 Å². The number of aromatic nitrogens is 1. The van der Waals surface area contributed by atoms with Crippen LogP contribution in [0.4, 0.5) is 0 Å². The summed E-state index contributed by atoms with van der Waals surface area (Å²) in [7, 11) is 0. The standard InChI is InChI=1S/C10H8BrNOS/c1-7-6-12-10(14-7)13-9-4-2-8(11)3-5-9/h2-6H,1H3. The molecule has 2 aromatic rings. The molecule has 0 fully saturated rings. The van der Waals surface area contributed by atoms with Crippen LogP contribution in [-0.4, -0.2) is 4.98 Å². The number of rotatable bonds is 2. The monoisotopic (exact) mass is 269 g/mol. The van der Waals surface area contributed by atoms with Gasteiger partial charge in [0.15, 0.2) is 0 Å². The first-order valence-corrected chi connectivity index (χ1v) is 5.71. The van der Waals surface area contributed by atoms with Crippen molar-refractivity contribution in [3.05, 3.63) is 39.8 Å². The fourth-order valence-corrected chi connectivity index (χ4v) is 1.87. The van der Waals surface area contributed by atoms with Crippen molar-refractivity contribution >= 4 is 27.3 Å². The summed E-state index contributed by atoms with van der Waals surface area (Å²) in [6.45, 7) is 2.01. The SMILES string of the molecule is Cc1cnc(Oc2ccc(Br)cc2)s1. The quantitative estimate of drug-likeness (QED) is 0.822. The summed E-state index contributed by atoms with van der Waals surface area (Å²) in [5.74, 6) is 0.808. The maximum atomic E-state index is 5.54. The van der Waals surface area contributed by atoms with Crippen molar-refractivity contribution in [2.24, 2.45) is 0 Å². The van der Waals surface area contributed by atoms with E-state index in [0.717, 1.165) is 15.1 Å². The Kier molecular flexibility index (Phi) is 2.84. The van der Waals surface area contributed by atoms with Crippen molar-refractivity contribution in [3.8, 4) is 10.9 Å². The molecule has 0 amide bonds. The lowest BCUT2D eigenvalue weighted by molar-refractivity contribution is 0.479. The predicted octanol–water partition coefficient (Wildman–Crippen LogP) is 4.01. The van der Waals surface area contributed by atoms with Gasteiger partial charge in [0.1, 0.15) is 5.75 Å². The normalized spacial score (nSPS) is 10.1. The van der Waals surface area contributed by atoms with Crippen LogP contribution in [0.3, 0.4) is 0 Å². The smallest absolute Gasteiger partial charge is 0.278 e. The van der Waals surface area contributed by atoms with Gasteiger partial charge in [-0.1, -0.05) is 27.3 Å². The molecule has 0 aliphatic heterocycles. The Balaban J connectivity index is 2.15. The molecule has 1 heterocycles. The van der Waals surface area contributed by atoms with E-state index in [9.17, 15) is 0 Å². The topological polar surface area (TPSA) is 22.1 Å². The molecule has 0 unspecified atom stereocenters. The minimum atomic E-state index is 0.685. The van der Waals surface area contributed by atoms with Crippen molar-refractivity contribution in [3.63, 3.8) is 0 Å². The van der Waals surface area contributed by atoms with Crippen molar-refractivity contribution in [1.29, 1.82) is 0 Å². The van der Waals surface area contributed by atoms with Crippen LogP contribution >= 0.6 is 27.3 Å². The van der Waals surface area contributed by atoms with Crippen molar-refractivity contribution in [2.75, 3.05) is 0 Å². The molecule has 4 heteroatoms. The van der Waals surface area contributed by atoms with Crippen molar-refractivity contribution < 1.29 is 4.74 Å². The second-order valence-corrected chi connectivity index (χ2v) is 4.91. The van der Waals surface area contributed by atoms with E-state index in [2.05, 4.69) is 20.9 Å². The zero-order chi connectivity index (χ0) is 9.97. The molecule has 0 aliphatic rings. The second kappa shape index (κ2) is 4.11. The van der Waals surface area contributed by atoms with Gasteiger partial charge in [0.25, 0.3) is 5.19 Å². The van der Waals surface area contributed by atoms with Crippen LogP contribution in [0.25, 0.3) is 0 Å². The van der Waals surface area contributed by atoms with E-state index >= 15 is 0 Å². The molecule has 1 aromatic heterocycles. The number of hydrogen-bond acceptors (Lipinski definition) is 3. The highest BCUT2D eigenvalue weighted by Crippen LogP contribution is 2.26. The summed E-state index contributed by atoms with van der Waals surface area (Å²) in [6, 6.07) is 7.69. The number of aryl methyl sites for hydroxylation is 1. The third-order valence-corrected chi connectivity index (χ3v) is 2.94. The van der Waals surface area contributed by atoms with Gasteiger partial charge in [-0.05, 0) is 31.2 Å². The highest BCUT2D eigenvalue weighted by molar-refractivity contribution is 9.10. The number of halogens is 1. The Morgan fingerprint density at radius 1 is 1.29 bits per heavy atom. The fourth-order valence-electron chi connectivity index (χ4n) is 0.985. The Morgan fingerprint density at radius 3 is 2.57 bits per heavy atom. The first-order chi connectivity index (χ1) is 6.74. The van der Waals surface area contributed by atoms with Gasteiger partial charge < -0.3 is 4.74 Å². The molecule has 0 bridgehead atoms. The number of thiazole rings is 1. The molecule has 0 saturated carbocycles. The molecule has 0 aliphatic carbocycles. The molecular formula is C10H8BrNOS. The molecule has 0 spiro atoms. The van der Waals surface area contributed by atoms with E-state index in [1.165, 1.54) is 0 Å². The lowest BCUT2D eigenvalue weighted by Crippen LogP contribution is -1.81. The van der Waals surface area contributed by atoms with Gasteiger partial charge in [-0.2, -0.15) is 0 Å². The van der Waals surface area contributed by atoms with Crippen LogP contribution < -0.4 is 4.74 Å². The Hall–Kier alpha value is -0.870. The maximum Gasteiger partial charge on any atom is 0.278 e. The molecule has 14 heavy (non-hydrogen) atoms. The Labute approximate surface area is 94.7 Å². The highest BCUT2D eigenvalue weighted by Gasteiger charge is 2.00. The predicted molar refractivity (Wildman–Crippen MR) is 61.1 cm³/mol. The molecule has 2 nitrogen and oxygen atoms in total. The fraction of sp³-hybridized carbons (Fsp3) is 0.100. The van der Waals surface area contributed by atoms with Crippen molar-refractivity contribution in [1.82, 2.24) is 4.98 Å². The number of ether oxygens (including phenoxy) is 1. The summed E-state index contributed by atoms with van der Waals surface area (Å²) < 4.78 is 6.58. The summed E-state index contributed by atoms with van der Waals surface area (Å²) in [5.41, 5.74) is 0. The molecular weight excluding hydrogens is 262 g/mol. The molecule has 0 N–H and O–H groups in total. The maximum absolute atomic E-state index is 5.54. The zero-order valence-corrected chi connectivity index (χ0v) is 9.93. The van der Waals surface area contributed by atoms with Crippen LogP contribution in [0.5, 0.6) is 10.9 Å². The molecule has 0 saturated heterocycles. The van der Waals surface area contributed by atoms with E-state index in [-0.39, 0.29) is 0 Å². The van der Waals surface area contributed by atoms with Gasteiger partial charge in [0, 0.05) is 15.5 Å². The Bertz CT molecular complexity index is 424. The number of nitrogens with zero attached hydrogens (tertiary/aromatic N) is 1. The summed E-state index contributed by atoms with van der Waals surface area (Å²) >= 11 is 4.91. The van der Waals surface area contributed by atoms with E-state index in [0.29, 0.717) is 5.19 Å². The number of hydrogen-bond donors (Lipinski definition) is 0. The third-order valence-electron chi connectivity index (χ3n) is 1.62. The largest absolute Gasteiger partial charge is 0.431 e. The summed E-state index contributed by atoms with van der Waals surface area (Å²) in [6.07, 6.45) is 1.80. The lowest BCUT2D eigenvalue weighted by atomic mass is 10.3. The Morgan fingerprint density at radius 2 is 2.00 bits per heavy atom. The van der Waals surface area contributed by atoms with Gasteiger partial charge in [0.05, 0.1) is 0 Å². The summed E-state index contributed by atoms with van der Waals surface area (Å²) in [4.78, 5) is 5.27. The second-order valence-electron chi connectivity index (χ2n) is 2.79. The molecule has 0 radical (unpaired) electrons. The van der Waals surface area contributed by atoms with E-state index in [1.54, 1.807) is 17.5 Å². The average molecular weight is 270 g/mol. The lowest BCUT2D eigenvalue weighted by Gasteiger charge is -2.00. The van der Waals surface area contributed by atoms with Crippen LogP contribution in [0.15, 0.2) is 34.9 Å². The van der Waals surface area contributed by atoms with E-state index < -0.39 is 0 Å². The average Bonchev–Trinajstić information content (AvgIpc) is 2.56. The minimum Gasteiger partial charge on any atom is -0.431 e. The highest BCUT2D eigenvalue weighted by atomic mass is 79.9. The van der Waals surface area contributed by atoms with Gasteiger partial charge in [-0.15, -0.1) is 0 Å². The van der Waals surface area contributed by atoms with E-state index in [4.69, 9.17) is 4.74 Å². The van der Waals surface area contributed by atoms with Gasteiger partial charge in [-0.25, -0.2) is 4.98 Å². The molecule has 2 rings (SSSR count). The molecule has 0 atom stereocenters. The molecule has 72 valence electrons.